The van der Waals surface area contributed by atoms with Crippen LogP contribution >= 0.6 is 23.2 Å². The van der Waals surface area contributed by atoms with Crippen molar-refractivity contribution >= 4 is 34.1 Å². The highest BCUT2D eigenvalue weighted by Gasteiger charge is 2.17. The van der Waals surface area contributed by atoms with E-state index in [9.17, 15) is 0 Å². The Bertz CT molecular complexity index is 533. The highest BCUT2D eigenvalue weighted by Crippen LogP contribution is 2.33. The van der Waals surface area contributed by atoms with E-state index in [0.717, 1.165) is 23.9 Å². The lowest BCUT2D eigenvalue weighted by Gasteiger charge is -2.11. The topological polar surface area (TPSA) is 25.0 Å². The van der Waals surface area contributed by atoms with Gasteiger partial charge in [0.05, 0.1) is 23.8 Å². The number of fused-ring (bicyclic) bond motifs is 3. The zero-order valence-electron chi connectivity index (χ0n) is 7.94. The summed E-state index contributed by atoms with van der Waals surface area (Å²) in [6.07, 6.45) is 0.915. The Hall–Kier alpha value is -0.700. The maximum absolute atomic E-state index is 6.13. The van der Waals surface area contributed by atoms with E-state index in [-0.39, 0.29) is 0 Å². The number of halogens is 2. The first-order chi connectivity index (χ1) is 7.25. The normalized spacial score (nSPS) is 15.6. The molecule has 2 aromatic rings. The average molecular weight is 242 g/mol. The molecule has 0 saturated carbocycles. The summed E-state index contributed by atoms with van der Waals surface area (Å²) >= 11 is 12.1. The number of nitrogens with one attached hydrogen (secondary N) is 1. The van der Waals surface area contributed by atoms with Gasteiger partial charge in [-0.15, -0.1) is 0 Å². The van der Waals surface area contributed by atoms with Crippen LogP contribution in [-0.4, -0.2) is 11.6 Å². The maximum atomic E-state index is 6.13. The van der Waals surface area contributed by atoms with Crippen molar-refractivity contribution in [1.29, 1.82) is 0 Å². The van der Waals surface area contributed by atoms with Crippen LogP contribution in [0.4, 0.5) is 0 Å². The summed E-state index contributed by atoms with van der Waals surface area (Å²) < 4.78 is 5.44. The van der Waals surface area contributed by atoms with Gasteiger partial charge < -0.3 is 9.72 Å². The van der Waals surface area contributed by atoms with Crippen molar-refractivity contribution in [3.63, 3.8) is 0 Å². The van der Waals surface area contributed by atoms with Gasteiger partial charge in [0.2, 0.25) is 0 Å². The van der Waals surface area contributed by atoms with Gasteiger partial charge in [0.1, 0.15) is 0 Å². The van der Waals surface area contributed by atoms with Crippen LogP contribution in [0.25, 0.3) is 10.9 Å². The van der Waals surface area contributed by atoms with Crippen LogP contribution in [0, 0.1) is 0 Å². The Morgan fingerprint density at radius 3 is 3.00 bits per heavy atom. The third kappa shape index (κ3) is 1.44. The first-order valence-electron chi connectivity index (χ1n) is 4.82. The van der Waals surface area contributed by atoms with Crippen LogP contribution in [0.2, 0.25) is 10.0 Å². The Labute approximate surface area is 97.1 Å². The molecule has 1 aliphatic heterocycles. The van der Waals surface area contributed by atoms with Crippen molar-refractivity contribution in [2.75, 3.05) is 6.61 Å². The molecular formula is C11H9Cl2NO. The molecule has 1 aromatic heterocycles. The van der Waals surface area contributed by atoms with E-state index in [1.54, 1.807) is 6.07 Å². The fourth-order valence-corrected chi connectivity index (χ4v) is 2.59. The standard InChI is InChI=1S/C11H9Cl2NO/c12-6-3-7-8-5-15-2-1-10(8)14-11(7)9(13)4-6/h3-4,14H,1-2,5H2. The monoisotopic (exact) mass is 241 g/mol. The van der Waals surface area contributed by atoms with E-state index in [0.29, 0.717) is 16.7 Å². The quantitative estimate of drug-likeness (QED) is 0.750. The second kappa shape index (κ2) is 3.41. The number of aromatic nitrogens is 1. The average Bonchev–Trinajstić information content (AvgIpc) is 2.57. The smallest absolute Gasteiger partial charge is 0.0740 e. The van der Waals surface area contributed by atoms with Crippen molar-refractivity contribution < 1.29 is 4.74 Å². The molecule has 78 valence electrons. The number of benzene rings is 1. The molecule has 4 heteroatoms. The molecule has 0 bridgehead atoms. The Kier molecular flexibility index (Phi) is 2.16. The molecule has 3 rings (SSSR count). The van der Waals surface area contributed by atoms with Gasteiger partial charge in [0.25, 0.3) is 0 Å². The van der Waals surface area contributed by atoms with Gasteiger partial charge >= 0.3 is 0 Å². The second-order valence-corrected chi connectivity index (χ2v) is 4.54. The largest absolute Gasteiger partial charge is 0.376 e. The number of hydrogen-bond acceptors (Lipinski definition) is 1. The van der Waals surface area contributed by atoms with Crippen molar-refractivity contribution in [1.82, 2.24) is 4.98 Å². The van der Waals surface area contributed by atoms with Crippen LogP contribution in [0.15, 0.2) is 12.1 Å². The molecule has 0 spiro atoms. The van der Waals surface area contributed by atoms with E-state index >= 15 is 0 Å². The van der Waals surface area contributed by atoms with Crippen LogP contribution in [0.3, 0.4) is 0 Å². The molecule has 1 aromatic carbocycles. The summed E-state index contributed by atoms with van der Waals surface area (Å²) in [7, 11) is 0. The molecule has 0 unspecified atom stereocenters. The van der Waals surface area contributed by atoms with Crippen molar-refractivity contribution in [2.24, 2.45) is 0 Å². The van der Waals surface area contributed by atoms with Crippen LogP contribution in [0.5, 0.6) is 0 Å². The summed E-state index contributed by atoms with van der Waals surface area (Å²) in [5.41, 5.74) is 3.39. The predicted octanol–water partition coefficient (Wildman–Crippen LogP) is 3.55. The summed E-state index contributed by atoms with van der Waals surface area (Å²) in [5.74, 6) is 0. The number of aromatic amines is 1. The minimum atomic E-state index is 0.645. The molecular weight excluding hydrogens is 233 g/mol. The van der Waals surface area contributed by atoms with Gasteiger partial charge in [0.15, 0.2) is 0 Å². The molecule has 0 radical (unpaired) electrons. The Morgan fingerprint density at radius 2 is 2.13 bits per heavy atom. The van der Waals surface area contributed by atoms with E-state index in [4.69, 9.17) is 27.9 Å². The van der Waals surface area contributed by atoms with E-state index < -0.39 is 0 Å². The fraction of sp³-hybridized carbons (Fsp3) is 0.273. The first kappa shape index (κ1) is 9.52. The minimum Gasteiger partial charge on any atom is -0.376 e. The number of hydrogen-bond donors (Lipinski definition) is 1. The second-order valence-electron chi connectivity index (χ2n) is 3.69. The minimum absolute atomic E-state index is 0.645. The maximum Gasteiger partial charge on any atom is 0.0740 e. The number of H-pyrrole nitrogens is 1. The Morgan fingerprint density at radius 1 is 1.27 bits per heavy atom. The van der Waals surface area contributed by atoms with Gasteiger partial charge in [-0.2, -0.15) is 0 Å². The molecule has 1 N–H and O–H groups in total. The lowest BCUT2D eigenvalue weighted by atomic mass is 10.1. The third-order valence-corrected chi connectivity index (χ3v) is 3.28. The zero-order chi connectivity index (χ0) is 10.4. The Balaban J connectivity index is 2.37. The molecule has 0 fully saturated rings. The molecule has 1 aliphatic rings. The lowest BCUT2D eigenvalue weighted by Crippen LogP contribution is -2.08. The van der Waals surface area contributed by atoms with E-state index in [1.807, 2.05) is 6.07 Å². The van der Waals surface area contributed by atoms with Gasteiger partial charge in [-0.05, 0) is 12.1 Å². The van der Waals surface area contributed by atoms with Crippen molar-refractivity contribution in [3.8, 4) is 0 Å². The fourth-order valence-electron chi connectivity index (χ4n) is 2.05. The highest BCUT2D eigenvalue weighted by atomic mass is 35.5. The zero-order valence-corrected chi connectivity index (χ0v) is 9.45. The molecule has 2 heterocycles. The number of rotatable bonds is 0. The predicted molar refractivity (Wildman–Crippen MR) is 61.7 cm³/mol. The van der Waals surface area contributed by atoms with Crippen LogP contribution < -0.4 is 0 Å². The van der Waals surface area contributed by atoms with E-state index in [2.05, 4.69) is 4.98 Å². The van der Waals surface area contributed by atoms with Crippen molar-refractivity contribution in [3.05, 3.63) is 33.4 Å². The van der Waals surface area contributed by atoms with Gasteiger partial charge in [-0.1, -0.05) is 23.2 Å². The van der Waals surface area contributed by atoms with Crippen molar-refractivity contribution in [2.45, 2.75) is 13.0 Å². The van der Waals surface area contributed by atoms with Gasteiger partial charge in [-0.3, -0.25) is 0 Å². The molecule has 2 nitrogen and oxygen atoms in total. The third-order valence-electron chi connectivity index (χ3n) is 2.76. The van der Waals surface area contributed by atoms with E-state index in [1.165, 1.54) is 11.3 Å². The molecule has 15 heavy (non-hydrogen) atoms. The molecule has 0 aliphatic carbocycles. The summed E-state index contributed by atoms with van der Waals surface area (Å²) in [4.78, 5) is 3.34. The van der Waals surface area contributed by atoms with Gasteiger partial charge in [0, 0.05) is 28.1 Å². The first-order valence-corrected chi connectivity index (χ1v) is 5.57. The molecule has 0 saturated heterocycles. The van der Waals surface area contributed by atoms with Crippen LogP contribution in [0.1, 0.15) is 11.3 Å². The number of ether oxygens (including phenoxy) is 1. The highest BCUT2D eigenvalue weighted by molar-refractivity contribution is 6.38. The summed E-state index contributed by atoms with van der Waals surface area (Å²) in [5, 5.41) is 2.42. The SMILES string of the molecule is Clc1cc(Cl)c2[nH]c3c(c2c1)COCC3. The van der Waals surface area contributed by atoms with Gasteiger partial charge in [-0.25, -0.2) is 0 Å². The molecule has 0 amide bonds. The van der Waals surface area contributed by atoms with Crippen LogP contribution in [-0.2, 0) is 17.8 Å². The summed E-state index contributed by atoms with van der Waals surface area (Å²) in [6, 6.07) is 3.70. The lowest BCUT2D eigenvalue weighted by molar-refractivity contribution is 0.111. The molecule has 0 atom stereocenters. The summed E-state index contributed by atoms with van der Waals surface area (Å²) in [6.45, 7) is 1.41.